The van der Waals surface area contributed by atoms with Crippen LogP contribution in [0.5, 0.6) is 0 Å². The molecule has 1 aliphatic heterocycles. The molecular weight excluding hydrogens is 226 g/mol. The van der Waals surface area contributed by atoms with Gasteiger partial charge in [0.25, 0.3) is 0 Å². The highest BCUT2D eigenvalue weighted by molar-refractivity contribution is 5.01. The first-order valence-corrected chi connectivity index (χ1v) is 7.37. The summed E-state index contributed by atoms with van der Waals surface area (Å²) >= 11 is 0. The summed E-state index contributed by atoms with van der Waals surface area (Å²) in [5, 5.41) is 7.63. The molecule has 1 aromatic heterocycles. The third-order valence-corrected chi connectivity index (χ3v) is 4.48. The van der Waals surface area contributed by atoms with Crippen LogP contribution < -0.4 is 5.32 Å². The largest absolute Gasteiger partial charge is 0.339 e. The number of piperidine rings is 1. The molecule has 100 valence electrons. The Morgan fingerprint density at radius 1 is 1.11 bits per heavy atom. The Bertz CT molecular complexity index is 376. The van der Waals surface area contributed by atoms with Crippen molar-refractivity contribution in [3.63, 3.8) is 0 Å². The molecule has 3 rings (SSSR count). The zero-order valence-corrected chi connectivity index (χ0v) is 11.2. The maximum absolute atomic E-state index is 5.48. The van der Waals surface area contributed by atoms with E-state index in [2.05, 4.69) is 22.4 Å². The van der Waals surface area contributed by atoms with Gasteiger partial charge in [-0.3, -0.25) is 0 Å². The molecule has 0 amide bonds. The molecule has 0 radical (unpaired) electrons. The molecule has 1 atom stereocenters. The Kier molecular flexibility index (Phi) is 3.64. The number of nitrogens with zero attached hydrogens (tertiary/aromatic N) is 2. The molecule has 0 spiro atoms. The van der Waals surface area contributed by atoms with Gasteiger partial charge in [0.1, 0.15) is 0 Å². The second-order valence-corrected chi connectivity index (χ2v) is 5.99. The van der Waals surface area contributed by atoms with E-state index in [4.69, 9.17) is 4.52 Å². The topological polar surface area (TPSA) is 51.0 Å². The van der Waals surface area contributed by atoms with Crippen LogP contribution in [0.4, 0.5) is 0 Å². The van der Waals surface area contributed by atoms with Gasteiger partial charge in [0.15, 0.2) is 5.82 Å². The van der Waals surface area contributed by atoms with Gasteiger partial charge in [0, 0.05) is 12.5 Å². The van der Waals surface area contributed by atoms with Crippen LogP contribution in [-0.2, 0) is 0 Å². The maximum atomic E-state index is 5.48. The van der Waals surface area contributed by atoms with Crippen LogP contribution in [-0.4, -0.2) is 23.2 Å². The Morgan fingerprint density at radius 3 is 2.67 bits per heavy atom. The molecule has 2 heterocycles. The zero-order valence-electron chi connectivity index (χ0n) is 11.2. The molecule has 2 fully saturated rings. The SMILES string of the molecule is CC1CCC(c2noc([C@H]3CCCNC3)n2)CC1. The minimum atomic E-state index is 0.433. The third kappa shape index (κ3) is 2.58. The van der Waals surface area contributed by atoms with E-state index in [1.807, 2.05) is 0 Å². The minimum Gasteiger partial charge on any atom is -0.339 e. The Labute approximate surface area is 109 Å². The lowest BCUT2D eigenvalue weighted by atomic mass is 9.83. The number of hydrogen-bond donors (Lipinski definition) is 1. The van der Waals surface area contributed by atoms with Gasteiger partial charge in [0.2, 0.25) is 5.89 Å². The monoisotopic (exact) mass is 249 g/mol. The van der Waals surface area contributed by atoms with Gasteiger partial charge in [-0.15, -0.1) is 0 Å². The van der Waals surface area contributed by atoms with Gasteiger partial charge in [-0.1, -0.05) is 24.9 Å². The van der Waals surface area contributed by atoms with E-state index in [1.54, 1.807) is 0 Å². The van der Waals surface area contributed by atoms with E-state index in [1.165, 1.54) is 38.5 Å². The van der Waals surface area contributed by atoms with E-state index < -0.39 is 0 Å². The molecule has 18 heavy (non-hydrogen) atoms. The van der Waals surface area contributed by atoms with Crippen molar-refractivity contribution in [3.8, 4) is 0 Å². The normalized spacial score (nSPS) is 33.5. The fourth-order valence-electron chi connectivity index (χ4n) is 3.16. The third-order valence-electron chi connectivity index (χ3n) is 4.48. The van der Waals surface area contributed by atoms with E-state index >= 15 is 0 Å². The Balaban J connectivity index is 1.65. The highest BCUT2D eigenvalue weighted by Gasteiger charge is 2.26. The summed E-state index contributed by atoms with van der Waals surface area (Å²) in [7, 11) is 0. The van der Waals surface area contributed by atoms with Crippen LogP contribution in [0.3, 0.4) is 0 Å². The second-order valence-electron chi connectivity index (χ2n) is 5.99. The maximum Gasteiger partial charge on any atom is 0.231 e. The van der Waals surface area contributed by atoms with Gasteiger partial charge in [-0.25, -0.2) is 0 Å². The van der Waals surface area contributed by atoms with E-state index in [9.17, 15) is 0 Å². The number of aromatic nitrogens is 2. The molecule has 1 aromatic rings. The molecule has 1 N–H and O–H groups in total. The molecule has 4 nitrogen and oxygen atoms in total. The highest BCUT2D eigenvalue weighted by atomic mass is 16.5. The molecule has 4 heteroatoms. The lowest BCUT2D eigenvalue weighted by Crippen LogP contribution is -2.28. The fraction of sp³-hybridized carbons (Fsp3) is 0.857. The summed E-state index contributed by atoms with van der Waals surface area (Å²) < 4.78 is 5.48. The van der Waals surface area contributed by atoms with Gasteiger partial charge in [-0.05, 0) is 38.1 Å². The van der Waals surface area contributed by atoms with Gasteiger partial charge < -0.3 is 9.84 Å². The van der Waals surface area contributed by atoms with Crippen molar-refractivity contribution >= 4 is 0 Å². The summed E-state index contributed by atoms with van der Waals surface area (Å²) in [6.45, 7) is 4.45. The molecule has 1 saturated heterocycles. The molecule has 0 aromatic carbocycles. The van der Waals surface area contributed by atoms with Crippen molar-refractivity contribution in [2.75, 3.05) is 13.1 Å². The van der Waals surface area contributed by atoms with Crippen LogP contribution in [0.15, 0.2) is 4.52 Å². The average molecular weight is 249 g/mol. The van der Waals surface area contributed by atoms with Crippen molar-refractivity contribution in [2.45, 2.75) is 57.3 Å². The predicted molar refractivity (Wildman–Crippen MR) is 69.5 cm³/mol. The van der Waals surface area contributed by atoms with Crippen LogP contribution in [0.25, 0.3) is 0 Å². The van der Waals surface area contributed by atoms with Crippen LogP contribution >= 0.6 is 0 Å². The molecular formula is C14H23N3O. The molecule has 0 bridgehead atoms. The van der Waals surface area contributed by atoms with Crippen LogP contribution in [0.1, 0.15) is 69.0 Å². The predicted octanol–water partition coefficient (Wildman–Crippen LogP) is 2.83. The van der Waals surface area contributed by atoms with Crippen molar-refractivity contribution in [2.24, 2.45) is 5.92 Å². The van der Waals surface area contributed by atoms with Crippen LogP contribution in [0.2, 0.25) is 0 Å². The van der Waals surface area contributed by atoms with Crippen LogP contribution in [0, 0.1) is 5.92 Å². The fourth-order valence-corrected chi connectivity index (χ4v) is 3.16. The summed E-state index contributed by atoms with van der Waals surface area (Å²) in [6, 6.07) is 0. The van der Waals surface area contributed by atoms with Gasteiger partial charge in [0.05, 0.1) is 5.92 Å². The number of nitrogens with one attached hydrogen (secondary N) is 1. The first kappa shape index (κ1) is 12.2. The molecule has 1 saturated carbocycles. The standard InChI is InChI=1S/C14H23N3O/c1-10-4-6-11(7-5-10)13-16-14(18-17-13)12-3-2-8-15-9-12/h10-12,15H,2-9H2,1H3/t10?,11?,12-/m0/s1. The zero-order chi connectivity index (χ0) is 12.4. The average Bonchev–Trinajstić information content (AvgIpc) is 2.90. The summed E-state index contributed by atoms with van der Waals surface area (Å²) in [5.74, 6) is 3.66. The highest BCUT2D eigenvalue weighted by Crippen LogP contribution is 2.34. The van der Waals surface area contributed by atoms with Gasteiger partial charge in [-0.2, -0.15) is 4.98 Å². The lowest BCUT2D eigenvalue weighted by Gasteiger charge is -2.23. The van der Waals surface area contributed by atoms with E-state index in [0.717, 1.165) is 30.7 Å². The van der Waals surface area contributed by atoms with E-state index in [0.29, 0.717) is 11.8 Å². The molecule has 0 unspecified atom stereocenters. The lowest BCUT2D eigenvalue weighted by molar-refractivity contribution is 0.307. The number of hydrogen-bond acceptors (Lipinski definition) is 4. The summed E-state index contributed by atoms with van der Waals surface area (Å²) in [5.41, 5.74) is 0. The number of rotatable bonds is 2. The van der Waals surface area contributed by atoms with Crippen molar-refractivity contribution in [1.82, 2.24) is 15.5 Å². The Hall–Kier alpha value is -0.900. The quantitative estimate of drug-likeness (QED) is 0.875. The minimum absolute atomic E-state index is 0.433. The first-order valence-electron chi connectivity index (χ1n) is 7.37. The second kappa shape index (κ2) is 5.39. The smallest absolute Gasteiger partial charge is 0.231 e. The molecule has 2 aliphatic rings. The van der Waals surface area contributed by atoms with Crippen molar-refractivity contribution in [3.05, 3.63) is 11.7 Å². The van der Waals surface area contributed by atoms with Crippen molar-refractivity contribution in [1.29, 1.82) is 0 Å². The summed E-state index contributed by atoms with van der Waals surface area (Å²) in [6.07, 6.45) is 7.45. The van der Waals surface area contributed by atoms with E-state index in [-0.39, 0.29) is 0 Å². The van der Waals surface area contributed by atoms with Crippen molar-refractivity contribution < 1.29 is 4.52 Å². The first-order chi connectivity index (χ1) is 8.83. The molecule has 1 aliphatic carbocycles. The Morgan fingerprint density at radius 2 is 1.94 bits per heavy atom. The van der Waals surface area contributed by atoms with Gasteiger partial charge >= 0.3 is 0 Å². The summed E-state index contributed by atoms with van der Waals surface area (Å²) in [4.78, 5) is 4.66.